The number of nitrogens with one attached hydrogen (secondary N) is 1. The molecule has 1 fully saturated rings. The summed E-state index contributed by atoms with van der Waals surface area (Å²) in [6, 6.07) is 8.10. The lowest BCUT2D eigenvalue weighted by molar-refractivity contribution is -0.118. The second-order valence-electron chi connectivity index (χ2n) is 6.27. The molecule has 1 aromatic carbocycles. The maximum absolute atomic E-state index is 12.8. The van der Waals surface area contributed by atoms with Crippen molar-refractivity contribution in [2.24, 2.45) is 0 Å². The van der Waals surface area contributed by atoms with Crippen LogP contribution in [0.2, 0.25) is 0 Å². The molecule has 3 aromatic rings. The Labute approximate surface area is 171 Å². The standard InChI is InChI=1S/C18H19N3O6S2/c22-17(19-11-13-2-1-7-26-13)12-28-18-20-15-10-14(3-4-16(15)27-18)29(23,24)21-5-8-25-9-6-21/h1-4,7,10H,5-6,8-9,11-12H2,(H,19,22). The molecule has 1 saturated heterocycles. The first-order valence-corrected chi connectivity index (χ1v) is 11.4. The van der Waals surface area contributed by atoms with E-state index >= 15 is 0 Å². The number of hydrogen-bond acceptors (Lipinski definition) is 8. The third kappa shape index (κ3) is 4.64. The molecule has 2 aromatic heterocycles. The van der Waals surface area contributed by atoms with Crippen LogP contribution in [-0.2, 0) is 26.1 Å². The lowest BCUT2D eigenvalue weighted by atomic mass is 10.3. The fourth-order valence-electron chi connectivity index (χ4n) is 2.82. The van der Waals surface area contributed by atoms with Gasteiger partial charge in [0.25, 0.3) is 5.22 Å². The second-order valence-corrected chi connectivity index (χ2v) is 9.14. The highest BCUT2D eigenvalue weighted by Gasteiger charge is 2.27. The predicted octanol–water partition coefficient (Wildman–Crippen LogP) is 1.85. The summed E-state index contributed by atoms with van der Waals surface area (Å²) in [5.74, 6) is 0.593. The normalized spacial score (nSPS) is 15.6. The minimum absolute atomic E-state index is 0.118. The number of fused-ring (bicyclic) bond motifs is 1. The summed E-state index contributed by atoms with van der Waals surface area (Å²) in [6.45, 7) is 1.73. The summed E-state index contributed by atoms with van der Waals surface area (Å²) in [5, 5.41) is 3.04. The first kappa shape index (κ1) is 20.0. The van der Waals surface area contributed by atoms with Crippen molar-refractivity contribution in [1.29, 1.82) is 0 Å². The van der Waals surface area contributed by atoms with E-state index in [1.54, 1.807) is 24.5 Å². The molecule has 9 nitrogen and oxygen atoms in total. The SMILES string of the molecule is O=C(CSc1nc2cc(S(=O)(=O)N3CCOCC3)ccc2o1)NCc1ccco1. The van der Waals surface area contributed by atoms with Gasteiger partial charge in [-0.15, -0.1) is 0 Å². The third-order valence-electron chi connectivity index (χ3n) is 4.31. The highest BCUT2D eigenvalue weighted by atomic mass is 32.2. The van der Waals surface area contributed by atoms with Crippen molar-refractivity contribution in [3.63, 3.8) is 0 Å². The number of amides is 1. The van der Waals surface area contributed by atoms with Gasteiger partial charge in [0, 0.05) is 13.1 Å². The van der Waals surface area contributed by atoms with Gasteiger partial charge in [-0.1, -0.05) is 11.8 Å². The van der Waals surface area contributed by atoms with Gasteiger partial charge in [-0.25, -0.2) is 13.4 Å². The average molecular weight is 437 g/mol. The van der Waals surface area contributed by atoms with Gasteiger partial charge in [-0.3, -0.25) is 4.79 Å². The molecule has 0 radical (unpaired) electrons. The molecule has 29 heavy (non-hydrogen) atoms. The molecule has 1 aliphatic rings. The van der Waals surface area contributed by atoms with Gasteiger partial charge in [-0.2, -0.15) is 4.31 Å². The van der Waals surface area contributed by atoms with Crippen LogP contribution in [0.4, 0.5) is 0 Å². The molecule has 0 spiro atoms. The van der Waals surface area contributed by atoms with E-state index in [-0.39, 0.29) is 16.6 Å². The number of furan rings is 1. The van der Waals surface area contributed by atoms with Gasteiger partial charge < -0.3 is 18.9 Å². The summed E-state index contributed by atoms with van der Waals surface area (Å²) in [6.07, 6.45) is 1.54. The topological polar surface area (TPSA) is 115 Å². The average Bonchev–Trinajstić information content (AvgIpc) is 3.40. The van der Waals surface area contributed by atoms with Crippen molar-refractivity contribution >= 4 is 38.8 Å². The molecule has 0 aliphatic carbocycles. The second kappa shape index (κ2) is 8.57. The number of benzene rings is 1. The van der Waals surface area contributed by atoms with E-state index in [9.17, 15) is 13.2 Å². The molecular weight excluding hydrogens is 418 g/mol. The number of thioether (sulfide) groups is 1. The fourth-order valence-corrected chi connectivity index (χ4v) is 4.92. The lowest BCUT2D eigenvalue weighted by Crippen LogP contribution is -2.40. The minimum atomic E-state index is -3.61. The van der Waals surface area contributed by atoms with Crippen molar-refractivity contribution in [3.05, 3.63) is 42.4 Å². The number of ether oxygens (including phenoxy) is 1. The van der Waals surface area contributed by atoms with Crippen molar-refractivity contribution in [2.45, 2.75) is 16.7 Å². The highest BCUT2D eigenvalue weighted by molar-refractivity contribution is 7.99. The van der Waals surface area contributed by atoms with Gasteiger partial charge in [0.2, 0.25) is 15.9 Å². The summed E-state index contributed by atoms with van der Waals surface area (Å²) < 4.78 is 42.9. The Morgan fingerprint density at radius 3 is 2.83 bits per heavy atom. The van der Waals surface area contributed by atoms with E-state index < -0.39 is 10.0 Å². The van der Waals surface area contributed by atoms with E-state index in [0.717, 1.165) is 11.8 Å². The summed E-state index contributed by atoms with van der Waals surface area (Å²) >= 11 is 1.14. The number of nitrogens with zero attached hydrogens (tertiary/aromatic N) is 2. The van der Waals surface area contributed by atoms with E-state index in [4.69, 9.17) is 13.6 Å². The number of hydrogen-bond donors (Lipinski definition) is 1. The van der Waals surface area contributed by atoms with E-state index in [1.807, 2.05) is 0 Å². The summed E-state index contributed by atoms with van der Waals surface area (Å²) in [7, 11) is -3.61. The summed E-state index contributed by atoms with van der Waals surface area (Å²) in [5.41, 5.74) is 0.891. The molecule has 1 N–H and O–H groups in total. The maximum Gasteiger partial charge on any atom is 0.257 e. The Kier molecular flexibility index (Phi) is 5.90. The molecule has 154 valence electrons. The Morgan fingerprint density at radius 2 is 2.07 bits per heavy atom. The largest absolute Gasteiger partial charge is 0.467 e. The van der Waals surface area contributed by atoms with Crippen LogP contribution in [0.1, 0.15) is 5.76 Å². The molecule has 0 atom stereocenters. The molecule has 0 bridgehead atoms. The first-order valence-electron chi connectivity index (χ1n) is 8.93. The van der Waals surface area contributed by atoms with Crippen LogP contribution in [0.5, 0.6) is 0 Å². The minimum Gasteiger partial charge on any atom is -0.467 e. The number of sulfonamides is 1. The zero-order valence-corrected chi connectivity index (χ0v) is 17.0. The Balaban J connectivity index is 1.41. The maximum atomic E-state index is 12.8. The monoisotopic (exact) mass is 437 g/mol. The zero-order chi connectivity index (χ0) is 20.3. The van der Waals surface area contributed by atoms with Crippen LogP contribution in [0, 0.1) is 0 Å². The number of carbonyl (C=O) groups excluding carboxylic acids is 1. The van der Waals surface area contributed by atoms with Gasteiger partial charge in [0.15, 0.2) is 5.58 Å². The molecule has 0 unspecified atom stereocenters. The molecule has 1 amide bonds. The van der Waals surface area contributed by atoms with Crippen LogP contribution in [0.15, 0.2) is 55.5 Å². The number of aromatic nitrogens is 1. The Bertz CT molecular complexity index is 1090. The number of oxazole rings is 1. The number of carbonyl (C=O) groups is 1. The summed E-state index contributed by atoms with van der Waals surface area (Å²) in [4.78, 5) is 16.4. The predicted molar refractivity (Wildman–Crippen MR) is 105 cm³/mol. The van der Waals surface area contributed by atoms with Gasteiger partial charge in [0.05, 0.1) is 36.7 Å². The lowest BCUT2D eigenvalue weighted by Gasteiger charge is -2.25. The van der Waals surface area contributed by atoms with Gasteiger partial charge in [-0.05, 0) is 30.3 Å². The first-order chi connectivity index (χ1) is 14.0. The zero-order valence-electron chi connectivity index (χ0n) is 15.4. The van der Waals surface area contributed by atoms with Crippen molar-refractivity contribution < 1.29 is 26.8 Å². The van der Waals surface area contributed by atoms with E-state index in [1.165, 1.54) is 16.4 Å². The van der Waals surface area contributed by atoms with Gasteiger partial charge >= 0.3 is 0 Å². The molecule has 3 heterocycles. The van der Waals surface area contributed by atoms with Crippen LogP contribution in [0.25, 0.3) is 11.1 Å². The molecular formula is C18H19N3O6S2. The fraction of sp³-hybridized carbons (Fsp3) is 0.333. The van der Waals surface area contributed by atoms with E-state index in [0.29, 0.717) is 54.9 Å². The third-order valence-corrected chi connectivity index (χ3v) is 7.04. The molecule has 0 saturated carbocycles. The van der Waals surface area contributed by atoms with E-state index in [2.05, 4.69) is 10.3 Å². The van der Waals surface area contributed by atoms with Crippen molar-refractivity contribution in [1.82, 2.24) is 14.6 Å². The molecule has 11 heteroatoms. The highest BCUT2D eigenvalue weighted by Crippen LogP contribution is 2.27. The smallest absolute Gasteiger partial charge is 0.257 e. The molecule has 4 rings (SSSR count). The van der Waals surface area contributed by atoms with Crippen LogP contribution < -0.4 is 5.32 Å². The van der Waals surface area contributed by atoms with Crippen LogP contribution in [-0.4, -0.2) is 55.7 Å². The van der Waals surface area contributed by atoms with Crippen molar-refractivity contribution in [3.8, 4) is 0 Å². The van der Waals surface area contributed by atoms with Crippen LogP contribution in [0.3, 0.4) is 0 Å². The number of morpholine rings is 1. The molecule has 1 aliphatic heterocycles. The Morgan fingerprint density at radius 1 is 1.24 bits per heavy atom. The van der Waals surface area contributed by atoms with Crippen molar-refractivity contribution in [2.75, 3.05) is 32.1 Å². The Hall–Kier alpha value is -2.34. The quantitative estimate of drug-likeness (QED) is 0.557. The van der Waals surface area contributed by atoms with Gasteiger partial charge in [0.1, 0.15) is 11.3 Å². The van der Waals surface area contributed by atoms with Crippen LogP contribution >= 0.6 is 11.8 Å². The number of rotatable bonds is 7.